The number of aromatic nitrogens is 2. The highest BCUT2D eigenvalue weighted by molar-refractivity contribution is 6.25. The van der Waals surface area contributed by atoms with Crippen molar-refractivity contribution < 1.29 is 14.4 Å². The Hall–Kier alpha value is -4.26. The minimum absolute atomic E-state index is 0.170. The minimum atomic E-state index is -0.392. The summed E-state index contributed by atoms with van der Waals surface area (Å²) in [6.07, 6.45) is 4.08. The summed E-state index contributed by atoms with van der Waals surface area (Å²) in [5.41, 5.74) is 1.98. The van der Waals surface area contributed by atoms with Crippen LogP contribution in [0.2, 0.25) is 0 Å². The molecule has 1 N–H and O–H groups in total. The van der Waals surface area contributed by atoms with Crippen LogP contribution in [0.3, 0.4) is 0 Å². The number of aryl methyl sites for hydroxylation is 1. The number of imide groups is 1. The van der Waals surface area contributed by atoms with E-state index in [-0.39, 0.29) is 30.7 Å². The van der Waals surface area contributed by atoms with Crippen LogP contribution in [0.15, 0.2) is 79.1 Å². The van der Waals surface area contributed by atoms with Crippen LogP contribution < -0.4 is 5.32 Å². The van der Waals surface area contributed by atoms with Crippen molar-refractivity contribution in [3.05, 3.63) is 102 Å². The SMILES string of the molecule is Cn1ccnc1C(NC(=O)CCCN1C(=O)c2cccc3cccc(c23)C1=O)c1ccccc1. The minimum Gasteiger partial charge on any atom is -0.342 e. The lowest BCUT2D eigenvalue weighted by Crippen LogP contribution is -2.41. The molecule has 0 fully saturated rings. The molecule has 170 valence electrons. The molecule has 2 heterocycles. The van der Waals surface area contributed by atoms with Gasteiger partial charge in [-0.25, -0.2) is 4.98 Å². The van der Waals surface area contributed by atoms with E-state index in [0.717, 1.165) is 16.8 Å². The Morgan fingerprint density at radius 1 is 0.941 bits per heavy atom. The molecule has 7 heteroatoms. The molecular weight excluding hydrogens is 428 g/mol. The third-order valence-electron chi connectivity index (χ3n) is 6.20. The number of amides is 3. The predicted molar refractivity (Wildman–Crippen MR) is 128 cm³/mol. The van der Waals surface area contributed by atoms with Gasteiger partial charge in [-0.2, -0.15) is 0 Å². The summed E-state index contributed by atoms with van der Waals surface area (Å²) in [6, 6.07) is 20.2. The molecule has 7 nitrogen and oxygen atoms in total. The fourth-order valence-corrected chi connectivity index (χ4v) is 4.51. The molecule has 0 aliphatic carbocycles. The van der Waals surface area contributed by atoms with Crippen LogP contribution >= 0.6 is 0 Å². The smallest absolute Gasteiger partial charge is 0.261 e. The van der Waals surface area contributed by atoms with E-state index in [1.54, 1.807) is 18.3 Å². The highest BCUT2D eigenvalue weighted by Crippen LogP contribution is 2.30. The van der Waals surface area contributed by atoms with Crippen molar-refractivity contribution in [1.29, 1.82) is 0 Å². The number of benzene rings is 3. The number of nitrogens with zero attached hydrogens (tertiary/aromatic N) is 3. The summed E-state index contributed by atoms with van der Waals surface area (Å²) in [6.45, 7) is 0.175. The van der Waals surface area contributed by atoms with Gasteiger partial charge in [0.2, 0.25) is 5.91 Å². The van der Waals surface area contributed by atoms with Gasteiger partial charge < -0.3 is 9.88 Å². The van der Waals surface area contributed by atoms with Crippen LogP contribution in [0.25, 0.3) is 10.8 Å². The van der Waals surface area contributed by atoms with E-state index in [4.69, 9.17) is 0 Å². The molecule has 3 amide bonds. The Bertz CT molecular complexity index is 1340. The van der Waals surface area contributed by atoms with Crippen LogP contribution in [-0.4, -0.2) is 38.7 Å². The number of hydrogen-bond donors (Lipinski definition) is 1. The van der Waals surface area contributed by atoms with Crippen molar-refractivity contribution >= 4 is 28.5 Å². The summed E-state index contributed by atoms with van der Waals surface area (Å²) in [4.78, 5) is 44.6. The molecule has 0 spiro atoms. The zero-order valence-corrected chi connectivity index (χ0v) is 18.8. The zero-order chi connectivity index (χ0) is 23.7. The number of rotatable bonds is 7. The third kappa shape index (κ3) is 3.85. The average molecular weight is 453 g/mol. The summed E-state index contributed by atoms with van der Waals surface area (Å²) in [5.74, 6) is -0.0725. The van der Waals surface area contributed by atoms with Gasteiger partial charge in [0.15, 0.2) is 0 Å². The molecule has 1 aliphatic rings. The first-order chi connectivity index (χ1) is 16.5. The molecule has 1 atom stereocenters. The Balaban J connectivity index is 1.28. The maximum atomic E-state index is 13.0. The van der Waals surface area contributed by atoms with Crippen molar-refractivity contribution in [3.63, 3.8) is 0 Å². The molecule has 0 saturated carbocycles. The van der Waals surface area contributed by atoms with Gasteiger partial charge in [-0.3, -0.25) is 19.3 Å². The van der Waals surface area contributed by atoms with Gasteiger partial charge in [-0.15, -0.1) is 0 Å². The van der Waals surface area contributed by atoms with E-state index in [1.165, 1.54) is 4.90 Å². The van der Waals surface area contributed by atoms with E-state index >= 15 is 0 Å². The summed E-state index contributed by atoms with van der Waals surface area (Å²) in [7, 11) is 1.89. The van der Waals surface area contributed by atoms with Crippen LogP contribution in [-0.2, 0) is 11.8 Å². The largest absolute Gasteiger partial charge is 0.342 e. The molecule has 1 unspecified atom stereocenters. The second-order valence-corrected chi connectivity index (χ2v) is 8.38. The molecule has 34 heavy (non-hydrogen) atoms. The van der Waals surface area contributed by atoms with Crippen molar-refractivity contribution in [1.82, 2.24) is 19.8 Å². The fourth-order valence-electron chi connectivity index (χ4n) is 4.51. The molecule has 0 saturated heterocycles. The van der Waals surface area contributed by atoms with Crippen molar-refractivity contribution in [2.75, 3.05) is 6.54 Å². The third-order valence-corrected chi connectivity index (χ3v) is 6.20. The highest BCUT2D eigenvalue weighted by atomic mass is 16.2. The van der Waals surface area contributed by atoms with Crippen molar-refractivity contribution in [2.45, 2.75) is 18.9 Å². The number of hydrogen-bond acceptors (Lipinski definition) is 4. The normalized spacial score (nSPS) is 13.9. The fraction of sp³-hybridized carbons (Fsp3) is 0.185. The topological polar surface area (TPSA) is 84.3 Å². The Morgan fingerprint density at radius 2 is 1.62 bits per heavy atom. The first-order valence-corrected chi connectivity index (χ1v) is 11.2. The van der Waals surface area contributed by atoms with Gasteiger partial charge in [0.05, 0.1) is 0 Å². The van der Waals surface area contributed by atoms with E-state index < -0.39 is 6.04 Å². The van der Waals surface area contributed by atoms with E-state index in [0.29, 0.717) is 22.9 Å². The lowest BCUT2D eigenvalue weighted by atomic mass is 9.94. The van der Waals surface area contributed by atoms with Crippen molar-refractivity contribution in [3.8, 4) is 0 Å². The lowest BCUT2D eigenvalue weighted by molar-refractivity contribution is -0.121. The Kier molecular flexibility index (Phi) is 5.67. The molecule has 1 aromatic heterocycles. The van der Waals surface area contributed by atoms with Gasteiger partial charge in [-0.1, -0.05) is 54.6 Å². The molecular formula is C27H24N4O3. The molecule has 1 aliphatic heterocycles. The molecule has 3 aromatic carbocycles. The zero-order valence-electron chi connectivity index (χ0n) is 18.8. The first kappa shape index (κ1) is 21.6. The van der Waals surface area contributed by atoms with Gasteiger partial charge >= 0.3 is 0 Å². The molecule has 5 rings (SSSR count). The van der Waals surface area contributed by atoms with Crippen molar-refractivity contribution in [2.24, 2.45) is 7.05 Å². The summed E-state index contributed by atoms with van der Waals surface area (Å²) in [5, 5.41) is 4.63. The quantitative estimate of drug-likeness (QED) is 0.432. The number of carbonyl (C=O) groups is 3. The van der Waals surface area contributed by atoms with E-state index in [1.807, 2.05) is 72.4 Å². The summed E-state index contributed by atoms with van der Waals surface area (Å²) >= 11 is 0. The van der Waals surface area contributed by atoms with Crippen LogP contribution in [0.5, 0.6) is 0 Å². The van der Waals surface area contributed by atoms with Gasteiger partial charge in [0.25, 0.3) is 11.8 Å². The Labute approximate surface area is 197 Å². The number of imidazole rings is 1. The second-order valence-electron chi connectivity index (χ2n) is 8.38. The predicted octanol–water partition coefficient (Wildman–Crippen LogP) is 3.86. The first-order valence-electron chi connectivity index (χ1n) is 11.2. The van der Waals surface area contributed by atoms with Gasteiger partial charge in [0, 0.05) is 48.9 Å². The molecule has 4 aromatic rings. The maximum absolute atomic E-state index is 13.0. The van der Waals surface area contributed by atoms with Crippen LogP contribution in [0.1, 0.15) is 51.0 Å². The standard InChI is InChI=1S/C27H24N4O3/c1-30-17-15-28-25(30)24(19-8-3-2-4-9-19)29-22(32)14-7-16-31-26(33)20-12-5-10-18-11-6-13-21(23(18)20)27(31)34/h2-6,8-13,15,17,24H,7,14,16H2,1H3,(H,29,32). The monoisotopic (exact) mass is 452 g/mol. The number of carbonyl (C=O) groups excluding carboxylic acids is 3. The van der Waals surface area contributed by atoms with Crippen LogP contribution in [0, 0.1) is 0 Å². The second kappa shape index (κ2) is 8.94. The number of nitrogens with one attached hydrogen (secondary N) is 1. The van der Waals surface area contributed by atoms with E-state index in [9.17, 15) is 14.4 Å². The molecule has 0 radical (unpaired) electrons. The highest BCUT2D eigenvalue weighted by Gasteiger charge is 2.32. The Morgan fingerprint density at radius 3 is 2.24 bits per heavy atom. The van der Waals surface area contributed by atoms with Gasteiger partial charge in [-0.05, 0) is 29.5 Å². The average Bonchev–Trinajstić information content (AvgIpc) is 3.29. The van der Waals surface area contributed by atoms with Crippen LogP contribution in [0.4, 0.5) is 0 Å². The maximum Gasteiger partial charge on any atom is 0.261 e. The van der Waals surface area contributed by atoms with E-state index in [2.05, 4.69) is 10.3 Å². The molecule has 0 bridgehead atoms. The summed E-state index contributed by atoms with van der Waals surface area (Å²) < 4.78 is 1.88. The lowest BCUT2D eigenvalue weighted by Gasteiger charge is -2.27. The van der Waals surface area contributed by atoms with Gasteiger partial charge in [0.1, 0.15) is 11.9 Å².